The largest absolute Gasteiger partial charge is 0.450 e. The van der Waals surface area contributed by atoms with Crippen molar-refractivity contribution < 1.29 is 28.6 Å². The van der Waals surface area contributed by atoms with E-state index in [2.05, 4.69) is 11.8 Å². The topological polar surface area (TPSA) is 120 Å². The smallest absolute Gasteiger partial charge is 0.230 e. The van der Waals surface area contributed by atoms with Crippen LogP contribution in [-0.2, 0) is 20.9 Å². The zero-order valence-corrected chi connectivity index (χ0v) is 20.2. The van der Waals surface area contributed by atoms with Crippen molar-refractivity contribution in [3.63, 3.8) is 0 Å². The van der Waals surface area contributed by atoms with Crippen LogP contribution in [0.1, 0.15) is 69.0 Å². The first-order valence-electron chi connectivity index (χ1n) is 10.0. The number of carbonyl (C=O) groups is 3. The Labute approximate surface area is 191 Å². The van der Waals surface area contributed by atoms with Gasteiger partial charge in [0.05, 0.1) is 0 Å². The van der Waals surface area contributed by atoms with E-state index in [-0.39, 0.29) is 11.6 Å². The summed E-state index contributed by atoms with van der Waals surface area (Å²) in [7, 11) is 2.62. The number of aliphatic hydroxyl groups is 1. The molecular formula is C25H35NO6. The Kier molecular flexibility index (Phi) is 16.0. The number of primary amides is 1. The lowest BCUT2D eigenvalue weighted by molar-refractivity contribution is -0.136. The van der Waals surface area contributed by atoms with Crippen LogP contribution in [0.5, 0.6) is 0 Å². The first-order chi connectivity index (χ1) is 15.1. The van der Waals surface area contributed by atoms with Gasteiger partial charge in [0.2, 0.25) is 5.91 Å². The van der Waals surface area contributed by atoms with E-state index in [0.29, 0.717) is 17.9 Å². The Hall–Kier alpha value is -3.21. The third kappa shape index (κ3) is 11.3. The minimum Gasteiger partial charge on any atom is -0.450 e. The van der Waals surface area contributed by atoms with Gasteiger partial charge < -0.3 is 20.0 Å². The molecule has 0 fully saturated rings. The van der Waals surface area contributed by atoms with Crippen LogP contribution in [0.3, 0.4) is 0 Å². The number of furan rings is 1. The van der Waals surface area contributed by atoms with Crippen molar-refractivity contribution in [1.82, 2.24) is 0 Å². The van der Waals surface area contributed by atoms with Crippen LogP contribution in [0.2, 0.25) is 0 Å². The number of hydrogen-bond donors (Lipinski definition) is 2. The van der Waals surface area contributed by atoms with Crippen molar-refractivity contribution >= 4 is 17.5 Å². The molecule has 1 heterocycles. The molecule has 0 atom stereocenters. The normalized spacial score (nSPS) is 9.28. The van der Waals surface area contributed by atoms with Crippen molar-refractivity contribution in [1.29, 1.82) is 0 Å². The summed E-state index contributed by atoms with van der Waals surface area (Å²) in [5, 5.41) is 7.00. The second-order valence-electron chi connectivity index (χ2n) is 6.63. The number of ketones is 2. The van der Waals surface area contributed by atoms with Gasteiger partial charge >= 0.3 is 0 Å². The molecule has 1 aromatic carbocycles. The predicted octanol–water partition coefficient (Wildman–Crippen LogP) is 3.75. The number of carbonyl (C=O) groups excluding carboxylic acids is 3. The molecule has 7 heteroatoms. The summed E-state index contributed by atoms with van der Waals surface area (Å²) in [6.07, 6.45) is 0. The Balaban J connectivity index is 0. The minimum atomic E-state index is -1.00. The van der Waals surface area contributed by atoms with Gasteiger partial charge in [-0.3, -0.25) is 14.4 Å². The van der Waals surface area contributed by atoms with Crippen molar-refractivity contribution in [2.45, 2.75) is 48.1 Å². The summed E-state index contributed by atoms with van der Waals surface area (Å²) >= 11 is 0. The molecule has 0 bridgehead atoms. The second-order valence-corrected chi connectivity index (χ2v) is 6.63. The zero-order chi connectivity index (χ0) is 25.3. The van der Waals surface area contributed by atoms with Crippen molar-refractivity contribution in [2.24, 2.45) is 11.1 Å². The Morgan fingerprint density at radius 1 is 1.00 bits per heavy atom. The summed E-state index contributed by atoms with van der Waals surface area (Å²) in [5.74, 6) is 6.54. The molecule has 0 saturated heterocycles. The molecule has 1 aromatic heterocycles. The Morgan fingerprint density at radius 2 is 1.53 bits per heavy atom. The molecule has 2 aromatic rings. The van der Waals surface area contributed by atoms with E-state index in [1.807, 2.05) is 38.1 Å². The van der Waals surface area contributed by atoms with Gasteiger partial charge in [-0.25, -0.2) is 0 Å². The van der Waals surface area contributed by atoms with E-state index < -0.39 is 11.3 Å². The number of benzene rings is 1. The number of aliphatic hydroxyl groups excluding tert-OH is 1. The van der Waals surface area contributed by atoms with E-state index in [0.717, 1.165) is 18.4 Å². The lowest BCUT2D eigenvalue weighted by Gasteiger charge is -2.14. The second kappa shape index (κ2) is 16.5. The molecule has 1 amide bonds. The van der Waals surface area contributed by atoms with Crippen LogP contribution < -0.4 is 5.73 Å². The van der Waals surface area contributed by atoms with Crippen molar-refractivity contribution in [2.75, 3.05) is 14.2 Å². The molecule has 0 saturated carbocycles. The number of nitrogens with two attached hydrogens (primary N) is 1. The maximum atomic E-state index is 11.1. The highest BCUT2D eigenvalue weighted by Crippen LogP contribution is 2.14. The fourth-order valence-electron chi connectivity index (χ4n) is 1.76. The van der Waals surface area contributed by atoms with E-state index in [4.69, 9.17) is 20.0 Å². The SMILES string of the molecule is CC.CC(=O)C(C)(C)C(N)=O.CO.COCc1ccc(C#Cc2ccc(C(C)=O)cc2)o1. The molecule has 0 aliphatic carbocycles. The maximum Gasteiger partial charge on any atom is 0.230 e. The number of hydrogen-bond acceptors (Lipinski definition) is 6. The summed E-state index contributed by atoms with van der Waals surface area (Å²) in [6, 6.07) is 10.8. The summed E-state index contributed by atoms with van der Waals surface area (Å²) in [5.41, 5.74) is 5.44. The van der Waals surface area contributed by atoms with Gasteiger partial charge in [0, 0.05) is 25.3 Å². The highest BCUT2D eigenvalue weighted by atomic mass is 16.5. The van der Waals surface area contributed by atoms with E-state index in [1.165, 1.54) is 20.8 Å². The van der Waals surface area contributed by atoms with Gasteiger partial charge in [-0.2, -0.15) is 0 Å². The van der Waals surface area contributed by atoms with Crippen molar-refractivity contribution in [3.8, 4) is 11.8 Å². The van der Waals surface area contributed by atoms with Crippen LogP contribution in [-0.4, -0.2) is 36.8 Å². The number of methoxy groups -OCH3 is 1. The van der Waals surface area contributed by atoms with Crippen LogP contribution >= 0.6 is 0 Å². The predicted molar refractivity (Wildman–Crippen MR) is 125 cm³/mol. The Morgan fingerprint density at radius 3 is 1.91 bits per heavy atom. The van der Waals surface area contributed by atoms with E-state index in [1.54, 1.807) is 26.2 Å². The summed E-state index contributed by atoms with van der Waals surface area (Å²) in [6.45, 7) is 10.4. The van der Waals surface area contributed by atoms with Gasteiger partial charge in [-0.1, -0.05) is 31.9 Å². The fourth-order valence-corrected chi connectivity index (χ4v) is 1.76. The van der Waals surface area contributed by atoms with Gasteiger partial charge in [-0.15, -0.1) is 0 Å². The summed E-state index contributed by atoms with van der Waals surface area (Å²) < 4.78 is 10.4. The van der Waals surface area contributed by atoms with Gasteiger partial charge in [0.15, 0.2) is 11.5 Å². The number of Topliss-reactive ketones (excluding diaryl/α,β-unsaturated/α-hetero) is 2. The molecule has 2 rings (SSSR count). The molecule has 3 N–H and O–H groups in total. The van der Waals surface area contributed by atoms with Gasteiger partial charge in [0.25, 0.3) is 0 Å². The van der Waals surface area contributed by atoms with Gasteiger partial charge in [-0.05, 0) is 57.9 Å². The van der Waals surface area contributed by atoms with Crippen LogP contribution in [0.15, 0.2) is 40.8 Å². The van der Waals surface area contributed by atoms with Crippen molar-refractivity contribution in [3.05, 3.63) is 59.0 Å². The van der Waals surface area contributed by atoms with E-state index >= 15 is 0 Å². The summed E-state index contributed by atoms with van der Waals surface area (Å²) in [4.78, 5) is 32.2. The quantitative estimate of drug-likeness (QED) is 0.411. The average Bonchev–Trinajstić information content (AvgIpc) is 3.23. The molecule has 176 valence electrons. The third-order valence-corrected chi connectivity index (χ3v) is 4.07. The number of rotatable bonds is 5. The van der Waals surface area contributed by atoms with Crippen LogP contribution in [0.4, 0.5) is 0 Å². The Bertz CT molecular complexity index is 883. The molecule has 0 radical (unpaired) electrons. The number of amides is 1. The standard InChI is InChI=1S/C16H14O3.C6H11NO2.C2H6.CH4O/c1-12(17)14-6-3-13(4-7-14)5-8-15-9-10-16(19-15)11-18-2;1-4(8)6(2,3)5(7)9;2*1-2/h3-4,6-7,9-10H,11H2,1-2H3;1-3H3,(H2,7,9);1-2H3;2H,1H3. The lowest BCUT2D eigenvalue weighted by atomic mass is 9.88. The third-order valence-electron chi connectivity index (χ3n) is 4.07. The maximum absolute atomic E-state index is 11.1. The lowest BCUT2D eigenvalue weighted by Crippen LogP contribution is -2.37. The molecule has 32 heavy (non-hydrogen) atoms. The fraction of sp³-hybridized carbons (Fsp3) is 0.400. The minimum absolute atomic E-state index is 0.0507. The zero-order valence-electron chi connectivity index (χ0n) is 20.2. The number of ether oxygens (including phenoxy) is 1. The highest BCUT2D eigenvalue weighted by molar-refractivity contribution is 6.03. The molecule has 0 aliphatic heterocycles. The first-order valence-corrected chi connectivity index (χ1v) is 10.0. The monoisotopic (exact) mass is 445 g/mol. The van der Waals surface area contributed by atoms with Crippen LogP contribution in [0, 0.1) is 17.3 Å². The molecule has 0 unspecified atom stereocenters. The molecule has 0 spiro atoms. The van der Waals surface area contributed by atoms with Crippen LogP contribution in [0.25, 0.3) is 0 Å². The average molecular weight is 446 g/mol. The molecule has 0 aliphatic rings. The highest BCUT2D eigenvalue weighted by Gasteiger charge is 2.29. The molecular weight excluding hydrogens is 410 g/mol. The van der Waals surface area contributed by atoms with Gasteiger partial charge in [0.1, 0.15) is 23.6 Å². The molecule has 7 nitrogen and oxygen atoms in total. The van der Waals surface area contributed by atoms with E-state index in [9.17, 15) is 14.4 Å². The first kappa shape index (κ1) is 31.0.